The molecular formula is C16H12N2O2. The number of benzene rings is 2. The molecule has 0 aliphatic rings. The van der Waals surface area contributed by atoms with Crippen LogP contribution in [0.5, 0.6) is 0 Å². The first-order valence-electron chi connectivity index (χ1n) is 6.22. The van der Waals surface area contributed by atoms with E-state index in [0.717, 1.165) is 11.1 Å². The van der Waals surface area contributed by atoms with Gasteiger partial charge in [-0.25, -0.2) is 0 Å². The Balaban J connectivity index is 1.92. The van der Waals surface area contributed by atoms with Gasteiger partial charge in [-0.15, -0.1) is 0 Å². The maximum Gasteiger partial charge on any atom is 0.255 e. The average molecular weight is 264 g/mol. The van der Waals surface area contributed by atoms with Crippen molar-refractivity contribution in [2.24, 2.45) is 0 Å². The highest BCUT2D eigenvalue weighted by atomic mass is 16.1. The molecule has 1 amide bonds. The van der Waals surface area contributed by atoms with Gasteiger partial charge in [0.2, 0.25) is 5.56 Å². The molecule has 0 saturated carbocycles. The van der Waals surface area contributed by atoms with Crippen LogP contribution >= 0.6 is 0 Å². The zero-order valence-electron chi connectivity index (χ0n) is 10.6. The molecule has 0 unspecified atom stereocenters. The molecule has 98 valence electrons. The molecule has 1 aromatic heterocycles. The van der Waals surface area contributed by atoms with Crippen LogP contribution in [0.15, 0.2) is 65.5 Å². The molecule has 2 N–H and O–H groups in total. The van der Waals surface area contributed by atoms with Gasteiger partial charge in [0.25, 0.3) is 5.91 Å². The lowest BCUT2D eigenvalue weighted by Gasteiger charge is -2.06. The van der Waals surface area contributed by atoms with Gasteiger partial charge in [-0.05, 0) is 41.8 Å². The van der Waals surface area contributed by atoms with Crippen LogP contribution < -0.4 is 10.9 Å². The molecule has 0 fully saturated rings. The van der Waals surface area contributed by atoms with Gasteiger partial charge in [-0.2, -0.15) is 0 Å². The van der Waals surface area contributed by atoms with Gasteiger partial charge < -0.3 is 10.3 Å². The lowest BCUT2D eigenvalue weighted by Crippen LogP contribution is -2.12. The summed E-state index contributed by atoms with van der Waals surface area (Å²) in [5.74, 6) is -0.177. The second kappa shape index (κ2) is 5.01. The number of carbonyl (C=O) groups is 1. The molecule has 0 aliphatic carbocycles. The Morgan fingerprint density at radius 2 is 1.75 bits per heavy atom. The van der Waals surface area contributed by atoms with Crippen molar-refractivity contribution in [3.63, 3.8) is 0 Å². The van der Waals surface area contributed by atoms with E-state index in [2.05, 4.69) is 10.3 Å². The maximum atomic E-state index is 12.1. The van der Waals surface area contributed by atoms with Crippen molar-refractivity contribution in [2.45, 2.75) is 0 Å². The summed E-state index contributed by atoms with van der Waals surface area (Å²) in [6, 6.07) is 17.6. The first-order valence-corrected chi connectivity index (χ1v) is 6.22. The average Bonchev–Trinajstić information content (AvgIpc) is 2.47. The van der Waals surface area contributed by atoms with Crippen LogP contribution in [0.2, 0.25) is 0 Å². The molecule has 0 atom stereocenters. The number of hydrogen-bond acceptors (Lipinski definition) is 2. The predicted molar refractivity (Wildman–Crippen MR) is 79.0 cm³/mol. The van der Waals surface area contributed by atoms with E-state index in [0.29, 0.717) is 11.1 Å². The zero-order valence-corrected chi connectivity index (χ0v) is 10.6. The van der Waals surface area contributed by atoms with Gasteiger partial charge in [-0.3, -0.25) is 9.59 Å². The fourth-order valence-corrected chi connectivity index (χ4v) is 2.02. The van der Waals surface area contributed by atoms with Crippen molar-refractivity contribution in [2.75, 3.05) is 5.32 Å². The largest absolute Gasteiger partial charge is 0.322 e. The summed E-state index contributed by atoms with van der Waals surface area (Å²) in [6.07, 6.45) is 0. The fourth-order valence-electron chi connectivity index (χ4n) is 2.02. The van der Waals surface area contributed by atoms with Crippen molar-refractivity contribution in [3.8, 4) is 0 Å². The Bertz CT molecular complexity index is 823. The fraction of sp³-hybridized carbons (Fsp3) is 0. The first kappa shape index (κ1) is 12.2. The molecule has 3 rings (SSSR count). The first-order chi connectivity index (χ1) is 9.72. The zero-order chi connectivity index (χ0) is 13.9. The molecular weight excluding hydrogens is 252 g/mol. The van der Waals surface area contributed by atoms with E-state index >= 15 is 0 Å². The predicted octanol–water partition coefficient (Wildman–Crippen LogP) is 2.78. The number of aromatic nitrogens is 1. The van der Waals surface area contributed by atoms with E-state index in [1.165, 1.54) is 6.07 Å². The van der Waals surface area contributed by atoms with Gasteiger partial charge >= 0.3 is 0 Å². The van der Waals surface area contributed by atoms with Gasteiger partial charge in [0, 0.05) is 22.8 Å². The van der Waals surface area contributed by atoms with Crippen LogP contribution in [0, 0.1) is 0 Å². The van der Waals surface area contributed by atoms with E-state index in [1.54, 1.807) is 24.3 Å². The standard InChI is InChI=1S/C16H12N2O2/c19-15-9-7-11-10-12(6-8-14(11)18-15)16(20)17-13-4-2-1-3-5-13/h1-10H,(H,17,20)(H,18,19). The number of anilines is 1. The number of rotatable bonds is 2. The smallest absolute Gasteiger partial charge is 0.255 e. The van der Waals surface area contributed by atoms with Gasteiger partial charge in [0.1, 0.15) is 0 Å². The van der Waals surface area contributed by atoms with Crippen LogP contribution in [0.1, 0.15) is 10.4 Å². The molecule has 4 heteroatoms. The van der Waals surface area contributed by atoms with Crippen molar-refractivity contribution >= 4 is 22.5 Å². The molecule has 0 spiro atoms. The lowest BCUT2D eigenvalue weighted by atomic mass is 10.1. The number of para-hydroxylation sites is 1. The number of fused-ring (bicyclic) bond motifs is 1. The van der Waals surface area contributed by atoms with Gasteiger partial charge in [-0.1, -0.05) is 18.2 Å². The van der Waals surface area contributed by atoms with E-state index in [4.69, 9.17) is 0 Å². The highest BCUT2D eigenvalue weighted by Gasteiger charge is 2.06. The van der Waals surface area contributed by atoms with E-state index in [9.17, 15) is 9.59 Å². The molecule has 4 nitrogen and oxygen atoms in total. The molecule has 20 heavy (non-hydrogen) atoms. The normalized spacial score (nSPS) is 10.4. The van der Waals surface area contributed by atoms with Gasteiger partial charge in [0.05, 0.1) is 0 Å². The summed E-state index contributed by atoms with van der Waals surface area (Å²) in [6.45, 7) is 0. The summed E-state index contributed by atoms with van der Waals surface area (Å²) < 4.78 is 0. The number of carbonyl (C=O) groups excluding carboxylic acids is 1. The molecule has 1 heterocycles. The third-order valence-electron chi connectivity index (χ3n) is 3.02. The summed E-state index contributed by atoms with van der Waals surface area (Å²) in [5, 5.41) is 3.65. The van der Waals surface area contributed by atoms with Crippen molar-refractivity contribution in [3.05, 3.63) is 76.6 Å². The summed E-state index contributed by atoms with van der Waals surface area (Å²) >= 11 is 0. The minimum absolute atomic E-state index is 0.154. The van der Waals surface area contributed by atoms with E-state index < -0.39 is 0 Å². The number of nitrogens with one attached hydrogen (secondary N) is 2. The maximum absolute atomic E-state index is 12.1. The van der Waals surface area contributed by atoms with Crippen molar-refractivity contribution < 1.29 is 4.79 Å². The van der Waals surface area contributed by atoms with Crippen LogP contribution in [-0.2, 0) is 0 Å². The summed E-state index contributed by atoms with van der Waals surface area (Å²) in [4.78, 5) is 26.1. The minimum Gasteiger partial charge on any atom is -0.322 e. The second-order valence-corrected chi connectivity index (χ2v) is 4.44. The molecule has 3 aromatic rings. The highest BCUT2D eigenvalue weighted by Crippen LogP contribution is 2.14. The Labute approximate surface area is 115 Å². The van der Waals surface area contributed by atoms with Crippen LogP contribution in [0.4, 0.5) is 5.69 Å². The monoisotopic (exact) mass is 264 g/mol. The Morgan fingerprint density at radius 3 is 2.55 bits per heavy atom. The topological polar surface area (TPSA) is 62.0 Å². The lowest BCUT2D eigenvalue weighted by molar-refractivity contribution is 0.102. The highest BCUT2D eigenvalue weighted by molar-refractivity contribution is 6.06. The Hall–Kier alpha value is -2.88. The van der Waals surface area contributed by atoms with Crippen LogP contribution in [0.3, 0.4) is 0 Å². The quantitative estimate of drug-likeness (QED) is 0.747. The third kappa shape index (κ3) is 2.44. The third-order valence-corrected chi connectivity index (χ3v) is 3.02. The number of H-pyrrole nitrogens is 1. The van der Waals surface area contributed by atoms with Crippen molar-refractivity contribution in [1.29, 1.82) is 0 Å². The number of amides is 1. The van der Waals surface area contributed by atoms with Gasteiger partial charge in [0.15, 0.2) is 0 Å². The molecule has 2 aromatic carbocycles. The second-order valence-electron chi connectivity index (χ2n) is 4.44. The molecule has 0 radical (unpaired) electrons. The summed E-state index contributed by atoms with van der Waals surface area (Å²) in [5.41, 5.74) is 1.86. The molecule has 0 bridgehead atoms. The molecule has 0 saturated heterocycles. The Morgan fingerprint density at radius 1 is 0.950 bits per heavy atom. The number of pyridine rings is 1. The van der Waals surface area contributed by atoms with E-state index in [-0.39, 0.29) is 11.5 Å². The minimum atomic E-state index is -0.177. The Kier molecular flexibility index (Phi) is 3.05. The van der Waals surface area contributed by atoms with E-state index in [1.807, 2.05) is 30.3 Å². The van der Waals surface area contributed by atoms with Crippen molar-refractivity contribution in [1.82, 2.24) is 4.98 Å². The number of aromatic amines is 1. The van der Waals surface area contributed by atoms with Crippen LogP contribution in [0.25, 0.3) is 10.9 Å². The SMILES string of the molecule is O=C(Nc1ccccc1)c1ccc2[nH]c(=O)ccc2c1. The summed E-state index contributed by atoms with van der Waals surface area (Å²) in [7, 11) is 0. The molecule has 0 aliphatic heterocycles. The number of hydrogen-bond donors (Lipinski definition) is 2. The van der Waals surface area contributed by atoms with Crippen LogP contribution in [-0.4, -0.2) is 10.9 Å².